The van der Waals surface area contributed by atoms with E-state index in [0.29, 0.717) is 0 Å². The third-order valence-electron chi connectivity index (χ3n) is 1.75. The van der Waals surface area contributed by atoms with Crippen LogP contribution in [0.3, 0.4) is 0 Å². The summed E-state index contributed by atoms with van der Waals surface area (Å²) in [6.07, 6.45) is 0. The van der Waals surface area contributed by atoms with Gasteiger partial charge in [0.25, 0.3) is 0 Å². The van der Waals surface area contributed by atoms with Crippen LogP contribution in [0.2, 0.25) is 10.6 Å². The van der Waals surface area contributed by atoms with E-state index in [1.54, 1.807) is 6.92 Å². The quantitative estimate of drug-likeness (QED) is 0.872. The van der Waals surface area contributed by atoms with E-state index in [1.165, 1.54) is 0 Å². The van der Waals surface area contributed by atoms with E-state index in [4.69, 9.17) is 23.2 Å². The first-order chi connectivity index (χ1) is 7.88. The molecule has 1 atom stereocenters. The molecule has 17 heavy (non-hydrogen) atoms. The van der Waals surface area contributed by atoms with Gasteiger partial charge in [0.05, 0.1) is 0 Å². The van der Waals surface area contributed by atoms with Crippen molar-refractivity contribution in [3.8, 4) is 0 Å². The van der Waals surface area contributed by atoms with Crippen molar-refractivity contribution in [2.45, 2.75) is 32.9 Å². The number of nitrogens with one attached hydrogen (secondary N) is 2. The minimum atomic E-state index is -0.494. The Balaban J connectivity index is 2.67. The van der Waals surface area contributed by atoms with E-state index in [-0.39, 0.29) is 28.5 Å². The molecule has 1 heterocycles. The van der Waals surface area contributed by atoms with Crippen molar-refractivity contribution in [1.29, 1.82) is 0 Å². The Morgan fingerprint density at radius 2 is 1.65 bits per heavy atom. The summed E-state index contributed by atoms with van der Waals surface area (Å²) in [4.78, 5) is 22.8. The van der Waals surface area contributed by atoms with Gasteiger partial charge in [-0.1, -0.05) is 0 Å². The lowest BCUT2D eigenvalue weighted by molar-refractivity contribution is -0.122. The van der Waals surface area contributed by atoms with Gasteiger partial charge in [-0.25, -0.2) is 0 Å². The fraction of sp³-hybridized carbons (Fsp3) is 0.556. The average molecular weight is 278 g/mol. The van der Waals surface area contributed by atoms with Crippen LogP contribution in [0.4, 0.5) is 5.95 Å². The fourth-order valence-corrected chi connectivity index (χ4v) is 1.42. The summed E-state index contributed by atoms with van der Waals surface area (Å²) in [6.45, 7) is 5.44. The summed E-state index contributed by atoms with van der Waals surface area (Å²) in [6, 6.07) is -0.427. The smallest absolute Gasteiger partial charge is 0.242 e. The van der Waals surface area contributed by atoms with Crippen molar-refractivity contribution in [2.24, 2.45) is 0 Å². The Morgan fingerprint density at radius 3 is 2.12 bits per heavy atom. The van der Waals surface area contributed by atoms with Crippen molar-refractivity contribution >= 4 is 35.1 Å². The number of anilines is 1. The predicted octanol–water partition coefficient (Wildman–Crippen LogP) is 1.50. The molecule has 2 N–H and O–H groups in total. The molecule has 1 unspecified atom stereocenters. The standard InChI is InChI=1S/C9H13Cl2N5O/c1-4(2)12-6(17)5(3)13-9-15-7(10)14-8(11)16-9/h4-5H,1-3H3,(H,12,17)(H,13,14,15,16). The van der Waals surface area contributed by atoms with E-state index in [1.807, 2.05) is 13.8 Å². The minimum absolute atomic E-state index is 0.0241. The number of aromatic nitrogens is 3. The zero-order chi connectivity index (χ0) is 13.0. The highest BCUT2D eigenvalue weighted by Gasteiger charge is 2.15. The molecule has 0 aromatic carbocycles. The van der Waals surface area contributed by atoms with Crippen LogP contribution >= 0.6 is 23.2 Å². The van der Waals surface area contributed by atoms with Crippen molar-refractivity contribution in [3.63, 3.8) is 0 Å². The Morgan fingerprint density at radius 1 is 1.12 bits per heavy atom. The maximum Gasteiger partial charge on any atom is 0.242 e. The van der Waals surface area contributed by atoms with Gasteiger partial charge in [-0.15, -0.1) is 0 Å². The van der Waals surface area contributed by atoms with Crippen molar-refractivity contribution in [3.05, 3.63) is 10.6 Å². The molecule has 0 saturated heterocycles. The van der Waals surface area contributed by atoms with Gasteiger partial charge in [-0.3, -0.25) is 4.79 Å². The highest BCUT2D eigenvalue weighted by molar-refractivity contribution is 6.31. The molecule has 1 aromatic heterocycles. The van der Waals surface area contributed by atoms with Gasteiger partial charge in [0.15, 0.2) is 0 Å². The summed E-state index contributed by atoms with van der Waals surface area (Å²) in [5.41, 5.74) is 0. The second-order valence-electron chi connectivity index (χ2n) is 3.73. The summed E-state index contributed by atoms with van der Waals surface area (Å²) in [7, 11) is 0. The number of amides is 1. The number of rotatable bonds is 4. The highest BCUT2D eigenvalue weighted by atomic mass is 35.5. The van der Waals surface area contributed by atoms with Gasteiger partial charge < -0.3 is 10.6 Å². The Hall–Kier alpha value is -1.14. The van der Waals surface area contributed by atoms with Gasteiger partial charge in [-0.2, -0.15) is 15.0 Å². The summed E-state index contributed by atoms with van der Waals surface area (Å²) in [5.74, 6) is 0.00839. The molecular formula is C9H13Cl2N5O. The molecule has 0 fully saturated rings. The molecule has 0 aliphatic rings. The molecule has 6 nitrogen and oxygen atoms in total. The van der Waals surface area contributed by atoms with E-state index in [0.717, 1.165) is 0 Å². The first-order valence-electron chi connectivity index (χ1n) is 5.02. The number of carbonyl (C=O) groups excluding carboxylic acids is 1. The van der Waals surface area contributed by atoms with Crippen molar-refractivity contribution in [1.82, 2.24) is 20.3 Å². The average Bonchev–Trinajstić information content (AvgIpc) is 2.14. The second-order valence-corrected chi connectivity index (χ2v) is 4.40. The SMILES string of the molecule is CC(C)NC(=O)C(C)Nc1nc(Cl)nc(Cl)n1. The normalized spacial score (nSPS) is 12.4. The van der Waals surface area contributed by atoms with Crippen LogP contribution < -0.4 is 10.6 Å². The Kier molecular flexibility index (Phi) is 4.89. The number of halogens is 2. The third-order valence-corrected chi connectivity index (χ3v) is 2.09. The van der Waals surface area contributed by atoms with E-state index >= 15 is 0 Å². The summed E-state index contributed by atoms with van der Waals surface area (Å²) in [5, 5.41) is 5.49. The number of hydrogen-bond donors (Lipinski definition) is 2. The van der Waals surface area contributed by atoms with E-state index in [2.05, 4.69) is 25.6 Å². The third kappa shape index (κ3) is 4.70. The lowest BCUT2D eigenvalue weighted by Gasteiger charge is -2.15. The molecule has 0 spiro atoms. The van der Waals surface area contributed by atoms with Gasteiger partial charge in [0.2, 0.25) is 22.4 Å². The molecule has 0 saturated carbocycles. The van der Waals surface area contributed by atoms with Crippen molar-refractivity contribution in [2.75, 3.05) is 5.32 Å². The molecule has 0 aliphatic heterocycles. The van der Waals surface area contributed by atoms with Gasteiger partial charge in [0.1, 0.15) is 6.04 Å². The first kappa shape index (κ1) is 13.9. The number of hydrogen-bond acceptors (Lipinski definition) is 5. The lowest BCUT2D eigenvalue weighted by Crippen LogP contribution is -2.41. The van der Waals surface area contributed by atoms with Gasteiger partial charge >= 0.3 is 0 Å². The maximum atomic E-state index is 11.6. The van der Waals surface area contributed by atoms with Crippen LogP contribution in [0, 0.1) is 0 Å². The van der Waals surface area contributed by atoms with Crippen LogP contribution in [0.25, 0.3) is 0 Å². The Labute approximate surface area is 109 Å². The minimum Gasteiger partial charge on any atom is -0.352 e. The molecule has 1 rings (SSSR count). The molecule has 8 heteroatoms. The molecule has 0 aliphatic carbocycles. The summed E-state index contributed by atoms with van der Waals surface area (Å²) < 4.78 is 0. The predicted molar refractivity (Wildman–Crippen MR) is 66.2 cm³/mol. The monoisotopic (exact) mass is 277 g/mol. The molecular weight excluding hydrogens is 265 g/mol. The molecule has 0 bridgehead atoms. The van der Waals surface area contributed by atoms with Crippen LogP contribution in [0.1, 0.15) is 20.8 Å². The zero-order valence-electron chi connectivity index (χ0n) is 9.66. The highest BCUT2D eigenvalue weighted by Crippen LogP contribution is 2.10. The molecule has 0 radical (unpaired) electrons. The van der Waals surface area contributed by atoms with Crippen LogP contribution in [-0.4, -0.2) is 32.9 Å². The van der Waals surface area contributed by atoms with Crippen LogP contribution in [0.5, 0.6) is 0 Å². The molecule has 1 amide bonds. The largest absolute Gasteiger partial charge is 0.352 e. The van der Waals surface area contributed by atoms with E-state index in [9.17, 15) is 4.79 Å². The van der Waals surface area contributed by atoms with E-state index < -0.39 is 6.04 Å². The molecule has 94 valence electrons. The van der Waals surface area contributed by atoms with Crippen LogP contribution in [0.15, 0.2) is 0 Å². The molecule has 1 aromatic rings. The lowest BCUT2D eigenvalue weighted by atomic mass is 10.3. The summed E-state index contributed by atoms with van der Waals surface area (Å²) >= 11 is 11.2. The van der Waals surface area contributed by atoms with Crippen molar-refractivity contribution < 1.29 is 4.79 Å². The van der Waals surface area contributed by atoms with Crippen LogP contribution in [-0.2, 0) is 4.79 Å². The zero-order valence-corrected chi connectivity index (χ0v) is 11.2. The first-order valence-corrected chi connectivity index (χ1v) is 5.78. The number of nitrogens with zero attached hydrogens (tertiary/aromatic N) is 3. The topological polar surface area (TPSA) is 79.8 Å². The fourth-order valence-electron chi connectivity index (χ4n) is 1.06. The number of carbonyl (C=O) groups is 1. The van der Waals surface area contributed by atoms with Gasteiger partial charge in [-0.05, 0) is 44.0 Å². The van der Waals surface area contributed by atoms with Gasteiger partial charge in [0, 0.05) is 6.04 Å². The Bertz CT molecular complexity index is 392. The maximum absolute atomic E-state index is 11.6. The second kappa shape index (κ2) is 5.97.